The van der Waals surface area contributed by atoms with Crippen LogP contribution in [0.15, 0.2) is 24.3 Å². The number of allylic oxidation sites excluding steroid dienone is 2. The Hall–Kier alpha value is -1.22. The topological polar surface area (TPSA) is 9.23 Å². The molecule has 0 aliphatic heterocycles. The summed E-state index contributed by atoms with van der Waals surface area (Å²) in [5, 5.41) is 0. The van der Waals surface area contributed by atoms with E-state index < -0.39 is 11.6 Å². The maximum atomic E-state index is 15.0. The summed E-state index contributed by atoms with van der Waals surface area (Å²) in [6.07, 6.45) is 18.1. The summed E-state index contributed by atoms with van der Waals surface area (Å²) in [5.74, 6) is 2.25. The van der Waals surface area contributed by atoms with Crippen molar-refractivity contribution in [1.29, 1.82) is 0 Å². The summed E-state index contributed by atoms with van der Waals surface area (Å²) in [4.78, 5) is 0. The lowest BCUT2D eigenvalue weighted by molar-refractivity contribution is 0.00578. The van der Waals surface area contributed by atoms with Crippen molar-refractivity contribution in [1.82, 2.24) is 0 Å². The molecule has 0 amide bonds. The highest BCUT2D eigenvalue weighted by atomic mass is 19.2. The summed E-state index contributed by atoms with van der Waals surface area (Å²) < 4.78 is 35.5. The molecule has 4 unspecified atom stereocenters. The van der Waals surface area contributed by atoms with Gasteiger partial charge in [0.05, 0.1) is 6.10 Å². The zero-order chi connectivity index (χ0) is 22.5. The molecule has 3 heteroatoms. The first-order chi connectivity index (χ1) is 15.6. The molecule has 0 radical (unpaired) electrons. The molecule has 3 aliphatic carbocycles. The Morgan fingerprint density at radius 1 is 0.844 bits per heavy atom. The van der Waals surface area contributed by atoms with Crippen molar-refractivity contribution in [3.05, 3.63) is 47.0 Å². The van der Waals surface area contributed by atoms with Crippen LogP contribution in [0.25, 0.3) is 0 Å². The van der Waals surface area contributed by atoms with E-state index in [9.17, 15) is 8.78 Å². The fraction of sp³-hybridized carbons (Fsp3) is 0.724. The monoisotopic (exact) mass is 444 g/mol. The number of benzene rings is 1. The van der Waals surface area contributed by atoms with Gasteiger partial charge in [-0.1, -0.05) is 24.3 Å². The molecule has 0 aromatic heterocycles. The van der Waals surface area contributed by atoms with E-state index in [1.54, 1.807) is 0 Å². The van der Waals surface area contributed by atoms with Crippen LogP contribution in [0.3, 0.4) is 0 Å². The van der Waals surface area contributed by atoms with Crippen molar-refractivity contribution in [2.75, 3.05) is 6.61 Å². The summed E-state index contributed by atoms with van der Waals surface area (Å²) >= 11 is 0. The van der Waals surface area contributed by atoms with Gasteiger partial charge in [-0.2, -0.15) is 0 Å². The molecule has 4 atom stereocenters. The SMILES string of the molecule is C/C=C/CCc1ccc(C2CCC3CC(C4CCC(OCC)CC4)CCC3C2)c(F)c1F. The summed E-state index contributed by atoms with van der Waals surface area (Å²) in [7, 11) is 0. The van der Waals surface area contributed by atoms with Gasteiger partial charge in [-0.05, 0) is 132 Å². The van der Waals surface area contributed by atoms with Crippen molar-refractivity contribution in [2.24, 2.45) is 23.7 Å². The molecule has 1 aromatic rings. The van der Waals surface area contributed by atoms with Crippen LogP contribution in [0.4, 0.5) is 8.78 Å². The molecule has 0 spiro atoms. The van der Waals surface area contributed by atoms with Crippen molar-refractivity contribution < 1.29 is 13.5 Å². The molecule has 3 saturated carbocycles. The molecule has 0 bridgehead atoms. The molecule has 32 heavy (non-hydrogen) atoms. The Morgan fingerprint density at radius 3 is 2.22 bits per heavy atom. The number of hydrogen-bond acceptors (Lipinski definition) is 1. The molecule has 1 aromatic carbocycles. The molecule has 1 nitrogen and oxygen atoms in total. The lowest BCUT2D eigenvalue weighted by Crippen LogP contribution is -2.35. The predicted octanol–water partition coefficient (Wildman–Crippen LogP) is 8.37. The smallest absolute Gasteiger partial charge is 0.162 e. The number of fused-ring (bicyclic) bond motifs is 1. The Labute approximate surface area is 194 Å². The molecular formula is C29H42F2O. The number of aryl methyl sites for hydroxylation is 1. The normalized spacial score (nSPS) is 33.4. The van der Waals surface area contributed by atoms with Crippen molar-refractivity contribution in [2.45, 2.75) is 103 Å². The van der Waals surface area contributed by atoms with Crippen LogP contribution in [0.5, 0.6) is 0 Å². The Kier molecular flexibility index (Phi) is 8.43. The van der Waals surface area contributed by atoms with E-state index in [-0.39, 0.29) is 5.92 Å². The van der Waals surface area contributed by atoms with Gasteiger partial charge in [0.15, 0.2) is 11.6 Å². The molecule has 0 N–H and O–H groups in total. The summed E-state index contributed by atoms with van der Waals surface area (Å²) in [6, 6.07) is 3.72. The Bertz CT molecular complexity index is 765. The van der Waals surface area contributed by atoms with E-state index in [0.717, 1.165) is 43.6 Å². The van der Waals surface area contributed by atoms with Gasteiger partial charge >= 0.3 is 0 Å². The molecule has 0 heterocycles. The fourth-order valence-corrected chi connectivity index (χ4v) is 7.12. The number of rotatable bonds is 7. The lowest BCUT2D eigenvalue weighted by atomic mass is 9.60. The minimum atomic E-state index is -0.611. The maximum Gasteiger partial charge on any atom is 0.162 e. The summed E-state index contributed by atoms with van der Waals surface area (Å²) in [6.45, 7) is 4.90. The lowest BCUT2D eigenvalue weighted by Gasteiger charge is -2.45. The average Bonchev–Trinajstić information content (AvgIpc) is 2.82. The van der Waals surface area contributed by atoms with Gasteiger partial charge < -0.3 is 4.74 Å². The zero-order valence-corrected chi connectivity index (χ0v) is 20.1. The zero-order valence-electron chi connectivity index (χ0n) is 20.1. The molecule has 178 valence electrons. The molecule has 4 rings (SSSR count). The number of ether oxygens (including phenoxy) is 1. The highest BCUT2D eigenvalue weighted by molar-refractivity contribution is 5.30. The van der Waals surface area contributed by atoms with Crippen LogP contribution in [0.2, 0.25) is 0 Å². The number of halogens is 2. The average molecular weight is 445 g/mol. The van der Waals surface area contributed by atoms with E-state index in [2.05, 4.69) is 6.92 Å². The van der Waals surface area contributed by atoms with E-state index >= 15 is 0 Å². The number of hydrogen-bond donors (Lipinski definition) is 0. The maximum absolute atomic E-state index is 15.0. The van der Waals surface area contributed by atoms with Gasteiger partial charge in [0.25, 0.3) is 0 Å². The minimum absolute atomic E-state index is 0.188. The van der Waals surface area contributed by atoms with Crippen LogP contribution in [-0.4, -0.2) is 12.7 Å². The van der Waals surface area contributed by atoms with Gasteiger partial charge in [-0.3, -0.25) is 0 Å². The first-order valence-electron chi connectivity index (χ1n) is 13.3. The third kappa shape index (κ3) is 5.46. The van der Waals surface area contributed by atoms with Crippen molar-refractivity contribution >= 4 is 0 Å². The second-order valence-corrected chi connectivity index (χ2v) is 10.6. The first-order valence-corrected chi connectivity index (χ1v) is 13.3. The van der Waals surface area contributed by atoms with E-state index in [1.165, 1.54) is 51.4 Å². The quantitative estimate of drug-likeness (QED) is 0.384. The van der Waals surface area contributed by atoms with Crippen LogP contribution >= 0.6 is 0 Å². The standard InChI is InChI=1S/C29H42F2O/c1-3-5-6-7-21-14-17-27(29(31)28(21)30)25-11-10-23-18-22(8-9-24(23)19-25)20-12-15-26(16-13-20)32-4-2/h3,5,14,17,20,22-26H,4,6-13,15-16,18-19H2,1-2H3/b5-3+. The van der Waals surface area contributed by atoms with Gasteiger partial charge in [0, 0.05) is 6.61 Å². The van der Waals surface area contributed by atoms with Crippen molar-refractivity contribution in [3.63, 3.8) is 0 Å². The van der Waals surface area contributed by atoms with Gasteiger partial charge in [-0.15, -0.1) is 0 Å². The second kappa shape index (κ2) is 11.3. The van der Waals surface area contributed by atoms with Gasteiger partial charge in [0.2, 0.25) is 0 Å². The van der Waals surface area contributed by atoms with Crippen LogP contribution in [0, 0.1) is 35.3 Å². The van der Waals surface area contributed by atoms with Gasteiger partial charge in [-0.25, -0.2) is 8.78 Å². The molecular weight excluding hydrogens is 402 g/mol. The van der Waals surface area contributed by atoms with Crippen LogP contribution in [0.1, 0.15) is 102 Å². The second-order valence-electron chi connectivity index (χ2n) is 10.6. The van der Waals surface area contributed by atoms with E-state index in [0.29, 0.717) is 29.6 Å². The predicted molar refractivity (Wildman–Crippen MR) is 128 cm³/mol. The third-order valence-corrected chi connectivity index (χ3v) is 8.89. The van der Waals surface area contributed by atoms with Gasteiger partial charge in [0.1, 0.15) is 0 Å². The molecule has 3 aliphatic rings. The Balaban J connectivity index is 1.32. The van der Waals surface area contributed by atoms with Crippen LogP contribution < -0.4 is 0 Å². The summed E-state index contributed by atoms with van der Waals surface area (Å²) in [5.41, 5.74) is 1.14. The van der Waals surface area contributed by atoms with E-state index in [1.807, 2.05) is 31.2 Å². The molecule has 3 fully saturated rings. The fourth-order valence-electron chi connectivity index (χ4n) is 7.12. The molecule has 0 saturated heterocycles. The third-order valence-electron chi connectivity index (χ3n) is 8.89. The first kappa shape index (κ1) is 23.9. The highest BCUT2D eigenvalue weighted by Crippen LogP contribution is 2.51. The van der Waals surface area contributed by atoms with Crippen LogP contribution in [-0.2, 0) is 11.2 Å². The minimum Gasteiger partial charge on any atom is -0.379 e. The Morgan fingerprint density at radius 2 is 1.50 bits per heavy atom. The highest BCUT2D eigenvalue weighted by Gasteiger charge is 2.39. The largest absolute Gasteiger partial charge is 0.379 e. The van der Waals surface area contributed by atoms with E-state index in [4.69, 9.17) is 4.74 Å². The van der Waals surface area contributed by atoms with Crippen molar-refractivity contribution in [3.8, 4) is 0 Å².